The topological polar surface area (TPSA) is 97.8 Å². The van der Waals surface area contributed by atoms with Gasteiger partial charge in [0, 0.05) is 39.3 Å². The number of rotatable bonds is 5. The highest BCUT2D eigenvalue weighted by atomic mass is 32.2. The standard InChI is InChI=1S/C20H24N4O5S/c1-3-23-16-8-7-15(14-17(16)24(4-2)20(23)26)30(27,28)22-11-9-21(10-12-22)19(25)18-6-5-13-29-18/h5-8,13-14H,3-4,9-12H2,1-2H3. The molecule has 0 unspecified atom stereocenters. The number of hydrogen-bond acceptors (Lipinski definition) is 5. The van der Waals surface area contributed by atoms with Crippen LogP contribution in [0.2, 0.25) is 0 Å². The fourth-order valence-corrected chi connectivity index (χ4v) is 5.35. The molecule has 0 atom stereocenters. The molecule has 1 aliphatic rings. The van der Waals surface area contributed by atoms with Crippen LogP contribution < -0.4 is 5.69 Å². The smallest absolute Gasteiger partial charge is 0.329 e. The van der Waals surface area contributed by atoms with Gasteiger partial charge in [0.15, 0.2) is 5.76 Å². The largest absolute Gasteiger partial charge is 0.459 e. The number of fused-ring (bicyclic) bond motifs is 1. The highest BCUT2D eigenvalue weighted by Gasteiger charge is 2.31. The second-order valence-corrected chi connectivity index (χ2v) is 9.03. The zero-order valence-corrected chi connectivity index (χ0v) is 17.8. The van der Waals surface area contributed by atoms with E-state index >= 15 is 0 Å². The van der Waals surface area contributed by atoms with E-state index in [1.807, 2.05) is 13.8 Å². The Morgan fingerprint density at radius 2 is 1.67 bits per heavy atom. The van der Waals surface area contributed by atoms with E-state index in [1.54, 1.807) is 44.4 Å². The van der Waals surface area contributed by atoms with Gasteiger partial charge in [-0.15, -0.1) is 0 Å². The molecule has 4 rings (SSSR count). The summed E-state index contributed by atoms with van der Waals surface area (Å²) in [5, 5.41) is 0. The third-order valence-corrected chi connectivity index (χ3v) is 7.41. The summed E-state index contributed by atoms with van der Waals surface area (Å²) in [5.74, 6) is 0.000989. The minimum absolute atomic E-state index is 0.144. The van der Waals surface area contributed by atoms with Crippen LogP contribution in [-0.2, 0) is 23.1 Å². The third-order valence-electron chi connectivity index (χ3n) is 5.52. The fraction of sp³-hybridized carbons (Fsp3) is 0.400. The normalized spacial score (nSPS) is 15.7. The second kappa shape index (κ2) is 7.77. The SMILES string of the molecule is CCn1c(=O)n(CC)c2cc(S(=O)(=O)N3CCN(C(=O)c4ccco4)CC3)ccc21. The maximum atomic E-state index is 13.2. The Balaban J connectivity index is 1.59. The van der Waals surface area contributed by atoms with Gasteiger partial charge in [-0.3, -0.25) is 13.9 Å². The molecule has 1 saturated heterocycles. The van der Waals surface area contributed by atoms with Crippen LogP contribution in [0.15, 0.2) is 50.7 Å². The minimum Gasteiger partial charge on any atom is -0.459 e. The van der Waals surface area contributed by atoms with Crippen molar-refractivity contribution >= 4 is 27.0 Å². The zero-order valence-electron chi connectivity index (χ0n) is 16.9. The van der Waals surface area contributed by atoms with Crippen LogP contribution in [0.25, 0.3) is 11.0 Å². The van der Waals surface area contributed by atoms with Gasteiger partial charge in [0.25, 0.3) is 5.91 Å². The Hall–Kier alpha value is -2.85. The van der Waals surface area contributed by atoms with Gasteiger partial charge in [0.1, 0.15) is 0 Å². The van der Waals surface area contributed by atoms with Gasteiger partial charge >= 0.3 is 5.69 Å². The lowest BCUT2D eigenvalue weighted by atomic mass is 10.3. The van der Waals surface area contributed by atoms with Crippen molar-refractivity contribution in [3.05, 3.63) is 52.8 Å². The number of piperazine rings is 1. The number of nitrogens with zero attached hydrogens (tertiary/aromatic N) is 4. The molecule has 3 heterocycles. The minimum atomic E-state index is -3.74. The average molecular weight is 433 g/mol. The average Bonchev–Trinajstić information content (AvgIpc) is 3.38. The molecule has 0 N–H and O–H groups in total. The zero-order chi connectivity index (χ0) is 21.5. The Labute approximate surface area is 174 Å². The maximum Gasteiger partial charge on any atom is 0.329 e. The van der Waals surface area contributed by atoms with Gasteiger partial charge in [-0.2, -0.15) is 4.31 Å². The van der Waals surface area contributed by atoms with Gasteiger partial charge < -0.3 is 9.32 Å². The summed E-state index contributed by atoms with van der Waals surface area (Å²) < 4.78 is 36.2. The quantitative estimate of drug-likeness (QED) is 0.610. The van der Waals surface area contributed by atoms with Crippen molar-refractivity contribution in [2.24, 2.45) is 0 Å². The Kier molecular flexibility index (Phi) is 5.29. The van der Waals surface area contributed by atoms with E-state index in [0.29, 0.717) is 18.6 Å². The molecule has 0 saturated carbocycles. The summed E-state index contributed by atoms with van der Waals surface area (Å²) >= 11 is 0. The Morgan fingerprint density at radius 1 is 1.00 bits per heavy atom. The molecule has 2 aromatic heterocycles. The molecule has 30 heavy (non-hydrogen) atoms. The van der Waals surface area contributed by atoms with E-state index in [1.165, 1.54) is 10.6 Å². The van der Waals surface area contributed by atoms with E-state index < -0.39 is 10.0 Å². The number of furan rings is 1. The van der Waals surface area contributed by atoms with Crippen LogP contribution in [0.1, 0.15) is 24.4 Å². The molecule has 10 heteroatoms. The van der Waals surface area contributed by atoms with Crippen molar-refractivity contribution in [2.75, 3.05) is 26.2 Å². The number of aryl methyl sites for hydroxylation is 2. The summed E-state index contributed by atoms with van der Waals surface area (Å²) in [6, 6.07) is 8.05. The lowest BCUT2D eigenvalue weighted by Gasteiger charge is -2.33. The second-order valence-electron chi connectivity index (χ2n) is 7.10. The Morgan fingerprint density at radius 3 is 2.27 bits per heavy atom. The number of aromatic nitrogens is 2. The first-order valence-corrected chi connectivity index (χ1v) is 11.4. The number of sulfonamides is 1. The number of carbonyl (C=O) groups excluding carboxylic acids is 1. The molecule has 9 nitrogen and oxygen atoms in total. The number of amides is 1. The van der Waals surface area contributed by atoms with Crippen molar-refractivity contribution in [3.63, 3.8) is 0 Å². The first kappa shape index (κ1) is 20.4. The van der Waals surface area contributed by atoms with Crippen LogP contribution >= 0.6 is 0 Å². The number of carbonyl (C=O) groups is 1. The third kappa shape index (κ3) is 3.25. The van der Waals surface area contributed by atoms with Gasteiger partial charge in [-0.1, -0.05) is 0 Å². The van der Waals surface area contributed by atoms with Crippen LogP contribution in [0.4, 0.5) is 0 Å². The van der Waals surface area contributed by atoms with Crippen molar-refractivity contribution in [2.45, 2.75) is 31.8 Å². The fourth-order valence-electron chi connectivity index (χ4n) is 3.91. The Bertz CT molecular complexity index is 1230. The van der Waals surface area contributed by atoms with Crippen LogP contribution in [-0.4, -0.2) is 58.8 Å². The van der Waals surface area contributed by atoms with Gasteiger partial charge in [0.2, 0.25) is 10.0 Å². The lowest BCUT2D eigenvalue weighted by Crippen LogP contribution is -2.50. The highest BCUT2D eigenvalue weighted by molar-refractivity contribution is 7.89. The summed E-state index contributed by atoms with van der Waals surface area (Å²) in [7, 11) is -3.74. The molecular weight excluding hydrogens is 408 g/mol. The number of hydrogen-bond donors (Lipinski definition) is 0. The van der Waals surface area contributed by atoms with Crippen molar-refractivity contribution in [1.82, 2.24) is 18.3 Å². The molecular formula is C20H24N4O5S. The predicted octanol–water partition coefficient (Wildman–Crippen LogP) is 1.58. The van der Waals surface area contributed by atoms with Crippen molar-refractivity contribution < 1.29 is 17.6 Å². The summed E-state index contributed by atoms with van der Waals surface area (Å²) in [4.78, 5) is 26.7. The predicted molar refractivity (Wildman–Crippen MR) is 111 cm³/mol. The van der Waals surface area contributed by atoms with Crippen LogP contribution in [0.3, 0.4) is 0 Å². The molecule has 1 aliphatic heterocycles. The van der Waals surface area contributed by atoms with Crippen molar-refractivity contribution in [3.8, 4) is 0 Å². The summed E-state index contributed by atoms with van der Waals surface area (Å²) in [5.41, 5.74) is 1.18. The van der Waals surface area contributed by atoms with Crippen LogP contribution in [0.5, 0.6) is 0 Å². The lowest BCUT2D eigenvalue weighted by molar-refractivity contribution is 0.0666. The molecule has 3 aromatic rings. The van der Waals surface area contributed by atoms with Gasteiger partial charge in [-0.25, -0.2) is 13.2 Å². The molecule has 1 fully saturated rings. The first-order valence-electron chi connectivity index (χ1n) is 9.94. The number of imidazole rings is 1. The van der Waals surface area contributed by atoms with Gasteiger partial charge in [0.05, 0.1) is 22.2 Å². The first-order chi connectivity index (χ1) is 14.4. The van der Waals surface area contributed by atoms with E-state index in [0.717, 1.165) is 5.52 Å². The van der Waals surface area contributed by atoms with Crippen LogP contribution in [0, 0.1) is 0 Å². The molecule has 1 amide bonds. The van der Waals surface area contributed by atoms with E-state index in [2.05, 4.69) is 0 Å². The van der Waals surface area contributed by atoms with Gasteiger partial charge in [-0.05, 0) is 44.2 Å². The molecule has 0 radical (unpaired) electrons. The monoisotopic (exact) mass is 432 g/mol. The maximum absolute atomic E-state index is 13.2. The summed E-state index contributed by atoms with van der Waals surface area (Å²) in [6.45, 7) is 5.68. The molecule has 0 spiro atoms. The molecule has 1 aromatic carbocycles. The number of benzene rings is 1. The van der Waals surface area contributed by atoms with E-state index in [-0.39, 0.29) is 48.4 Å². The highest BCUT2D eigenvalue weighted by Crippen LogP contribution is 2.23. The molecule has 160 valence electrons. The molecule has 0 aliphatic carbocycles. The van der Waals surface area contributed by atoms with E-state index in [4.69, 9.17) is 4.42 Å². The summed E-state index contributed by atoms with van der Waals surface area (Å²) in [6.07, 6.45) is 1.44. The van der Waals surface area contributed by atoms with E-state index in [9.17, 15) is 18.0 Å². The molecule has 0 bridgehead atoms. The van der Waals surface area contributed by atoms with Crippen molar-refractivity contribution in [1.29, 1.82) is 0 Å².